The smallest absolute Gasteiger partial charge is 0.242 e. The van der Waals surface area contributed by atoms with Crippen LogP contribution in [0.5, 0.6) is 11.5 Å². The third-order valence-corrected chi connectivity index (χ3v) is 3.49. The zero-order valence-corrected chi connectivity index (χ0v) is 12.2. The SMILES string of the molecule is O=C(Nc1ccc(Oc2ccc(F)c(F)c2)cn1)[C@H]1CCCN1. The van der Waals surface area contributed by atoms with Crippen molar-refractivity contribution in [2.75, 3.05) is 11.9 Å². The van der Waals surface area contributed by atoms with Gasteiger partial charge in [-0.1, -0.05) is 0 Å². The Morgan fingerprint density at radius 3 is 2.70 bits per heavy atom. The van der Waals surface area contributed by atoms with Gasteiger partial charge in [0.2, 0.25) is 5.91 Å². The molecule has 3 rings (SSSR count). The van der Waals surface area contributed by atoms with E-state index in [-0.39, 0.29) is 17.7 Å². The maximum absolute atomic E-state index is 13.1. The first-order valence-corrected chi connectivity index (χ1v) is 7.25. The van der Waals surface area contributed by atoms with Gasteiger partial charge in [0.1, 0.15) is 17.3 Å². The van der Waals surface area contributed by atoms with Crippen LogP contribution in [0.1, 0.15) is 12.8 Å². The van der Waals surface area contributed by atoms with Crippen LogP contribution in [0.15, 0.2) is 36.5 Å². The molecule has 7 heteroatoms. The summed E-state index contributed by atoms with van der Waals surface area (Å²) in [6, 6.07) is 6.25. The average molecular weight is 319 g/mol. The molecule has 2 heterocycles. The van der Waals surface area contributed by atoms with Crippen molar-refractivity contribution in [1.82, 2.24) is 10.3 Å². The van der Waals surface area contributed by atoms with Gasteiger partial charge in [0.25, 0.3) is 0 Å². The molecule has 0 unspecified atom stereocenters. The Morgan fingerprint density at radius 1 is 1.22 bits per heavy atom. The molecule has 2 aromatic rings. The Kier molecular flexibility index (Phi) is 4.47. The molecular formula is C16H15F2N3O2. The molecule has 1 fully saturated rings. The number of amides is 1. The van der Waals surface area contributed by atoms with Gasteiger partial charge in [0.05, 0.1) is 12.2 Å². The number of hydrogen-bond acceptors (Lipinski definition) is 4. The number of anilines is 1. The van der Waals surface area contributed by atoms with Crippen molar-refractivity contribution >= 4 is 11.7 Å². The van der Waals surface area contributed by atoms with Crippen LogP contribution in [0.25, 0.3) is 0 Å². The number of nitrogens with zero attached hydrogens (tertiary/aromatic N) is 1. The second-order valence-corrected chi connectivity index (χ2v) is 5.20. The zero-order chi connectivity index (χ0) is 16.2. The molecule has 1 aromatic heterocycles. The van der Waals surface area contributed by atoms with E-state index in [1.165, 1.54) is 12.3 Å². The summed E-state index contributed by atoms with van der Waals surface area (Å²) in [5.74, 6) is -1.12. The van der Waals surface area contributed by atoms with Gasteiger partial charge >= 0.3 is 0 Å². The molecule has 0 radical (unpaired) electrons. The number of benzene rings is 1. The number of hydrogen-bond donors (Lipinski definition) is 2. The van der Waals surface area contributed by atoms with E-state index in [1.54, 1.807) is 12.1 Å². The van der Waals surface area contributed by atoms with E-state index in [0.717, 1.165) is 31.5 Å². The van der Waals surface area contributed by atoms with Crippen LogP contribution in [0, 0.1) is 11.6 Å². The predicted octanol–water partition coefficient (Wildman–Crippen LogP) is 2.84. The van der Waals surface area contributed by atoms with Gasteiger partial charge in [0.15, 0.2) is 11.6 Å². The summed E-state index contributed by atoms with van der Waals surface area (Å²) in [4.78, 5) is 16.0. The van der Waals surface area contributed by atoms with E-state index in [0.29, 0.717) is 11.6 Å². The van der Waals surface area contributed by atoms with Crippen LogP contribution >= 0.6 is 0 Å². The number of nitrogens with one attached hydrogen (secondary N) is 2. The highest BCUT2D eigenvalue weighted by atomic mass is 19.2. The van der Waals surface area contributed by atoms with Crippen molar-refractivity contribution in [2.45, 2.75) is 18.9 Å². The molecular weight excluding hydrogens is 304 g/mol. The third kappa shape index (κ3) is 3.81. The van der Waals surface area contributed by atoms with Gasteiger partial charge in [-0.15, -0.1) is 0 Å². The van der Waals surface area contributed by atoms with Crippen LogP contribution < -0.4 is 15.4 Å². The van der Waals surface area contributed by atoms with Crippen molar-refractivity contribution in [3.05, 3.63) is 48.2 Å². The summed E-state index contributed by atoms with van der Waals surface area (Å²) < 4.78 is 31.3. The summed E-state index contributed by atoms with van der Waals surface area (Å²) >= 11 is 0. The average Bonchev–Trinajstić information content (AvgIpc) is 3.07. The van der Waals surface area contributed by atoms with E-state index in [9.17, 15) is 13.6 Å². The first-order valence-electron chi connectivity index (χ1n) is 7.25. The minimum atomic E-state index is -0.983. The number of carbonyl (C=O) groups excluding carboxylic acids is 1. The second-order valence-electron chi connectivity index (χ2n) is 5.20. The molecule has 1 aliphatic heterocycles. The standard InChI is InChI=1S/C16H15F2N3O2/c17-12-5-3-10(8-13(12)18)23-11-4-6-15(20-9-11)21-16(22)14-2-1-7-19-14/h3-6,8-9,14,19H,1-2,7H2,(H,20,21,22)/t14-/m1/s1. The van der Waals surface area contributed by atoms with Crippen LogP contribution in [-0.4, -0.2) is 23.5 Å². The van der Waals surface area contributed by atoms with Crippen LogP contribution in [0.4, 0.5) is 14.6 Å². The summed E-state index contributed by atoms with van der Waals surface area (Å²) in [5, 5.41) is 5.81. The summed E-state index contributed by atoms with van der Waals surface area (Å²) in [7, 11) is 0. The molecule has 1 saturated heterocycles. The predicted molar refractivity (Wildman–Crippen MR) is 80.3 cm³/mol. The second kappa shape index (κ2) is 6.70. The highest BCUT2D eigenvalue weighted by Gasteiger charge is 2.22. The lowest BCUT2D eigenvalue weighted by atomic mass is 10.2. The number of carbonyl (C=O) groups is 1. The molecule has 0 bridgehead atoms. The molecule has 0 spiro atoms. The lowest BCUT2D eigenvalue weighted by molar-refractivity contribution is -0.117. The number of aromatic nitrogens is 1. The fourth-order valence-corrected chi connectivity index (χ4v) is 2.31. The highest BCUT2D eigenvalue weighted by Crippen LogP contribution is 2.23. The van der Waals surface area contributed by atoms with Gasteiger partial charge in [-0.3, -0.25) is 4.79 Å². The fraction of sp³-hybridized carbons (Fsp3) is 0.250. The fourth-order valence-electron chi connectivity index (χ4n) is 2.31. The lowest BCUT2D eigenvalue weighted by Gasteiger charge is -2.11. The van der Waals surface area contributed by atoms with Crippen molar-refractivity contribution in [2.24, 2.45) is 0 Å². The lowest BCUT2D eigenvalue weighted by Crippen LogP contribution is -2.35. The molecule has 1 aliphatic rings. The maximum atomic E-state index is 13.1. The highest BCUT2D eigenvalue weighted by molar-refractivity contribution is 5.94. The number of pyridine rings is 1. The van der Waals surface area contributed by atoms with Gasteiger partial charge < -0.3 is 15.4 Å². The maximum Gasteiger partial charge on any atom is 0.242 e. The third-order valence-electron chi connectivity index (χ3n) is 3.49. The minimum absolute atomic E-state index is 0.121. The first kappa shape index (κ1) is 15.4. The molecule has 0 aliphatic carbocycles. The Bertz CT molecular complexity index is 701. The Hall–Kier alpha value is -2.54. The molecule has 5 nitrogen and oxygen atoms in total. The van der Waals surface area contributed by atoms with Crippen molar-refractivity contribution in [1.29, 1.82) is 0 Å². The molecule has 120 valence electrons. The Labute approximate surface area is 131 Å². The van der Waals surface area contributed by atoms with Gasteiger partial charge in [-0.05, 0) is 43.7 Å². The largest absolute Gasteiger partial charge is 0.456 e. The quantitative estimate of drug-likeness (QED) is 0.909. The number of halogens is 2. The molecule has 1 atom stereocenters. The van der Waals surface area contributed by atoms with Gasteiger partial charge in [-0.25, -0.2) is 13.8 Å². The number of rotatable bonds is 4. The van der Waals surface area contributed by atoms with Gasteiger partial charge in [0, 0.05) is 6.07 Å². The molecule has 1 amide bonds. The minimum Gasteiger partial charge on any atom is -0.456 e. The first-order chi connectivity index (χ1) is 11.1. The molecule has 1 aromatic carbocycles. The Morgan fingerprint density at radius 2 is 2.04 bits per heavy atom. The van der Waals surface area contributed by atoms with E-state index in [1.807, 2.05) is 0 Å². The normalized spacial score (nSPS) is 17.0. The summed E-state index contributed by atoms with van der Waals surface area (Å²) in [5.41, 5.74) is 0. The van der Waals surface area contributed by atoms with E-state index in [4.69, 9.17) is 4.74 Å². The van der Waals surface area contributed by atoms with Crippen LogP contribution in [0.3, 0.4) is 0 Å². The topological polar surface area (TPSA) is 63.2 Å². The van der Waals surface area contributed by atoms with Crippen LogP contribution in [0.2, 0.25) is 0 Å². The van der Waals surface area contributed by atoms with Gasteiger partial charge in [-0.2, -0.15) is 0 Å². The van der Waals surface area contributed by atoms with E-state index >= 15 is 0 Å². The molecule has 0 saturated carbocycles. The molecule has 2 N–H and O–H groups in total. The van der Waals surface area contributed by atoms with Crippen LogP contribution in [-0.2, 0) is 4.79 Å². The summed E-state index contributed by atoms with van der Waals surface area (Å²) in [6.07, 6.45) is 3.19. The van der Waals surface area contributed by atoms with E-state index < -0.39 is 11.6 Å². The van der Waals surface area contributed by atoms with Crippen molar-refractivity contribution in [3.8, 4) is 11.5 Å². The van der Waals surface area contributed by atoms with Crippen molar-refractivity contribution in [3.63, 3.8) is 0 Å². The monoisotopic (exact) mass is 319 g/mol. The summed E-state index contributed by atoms with van der Waals surface area (Å²) in [6.45, 7) is 0.840. The van der Waals surface area contributed by atoms with E-state index in [2.05, 4.69) is 15.6 Å². The number of ether oxygens (including phenoxy) is 1. The Balaban J connectivity index is 1.62. The zero-order valence-electron chi connectivity index (χ0n) is 12.2. The molecule has 23 heavy (non-hydrogen) atoms. The van der Waals surface area contributed by atoms with Crippen molar-refractivity contribution < 1.29 is 18.3 Å².